The number of halogens is 1. The van der Waals surface area contributed by atoms with E-state index in [-0.39, 0.29) is 12.4 Å². The van der Waals surface area contributed by atoms with Crippen molar-refractivity contribution in [2.24, 2.45) is 0 Å². The highest BCUT2D eigenvalue weighted by Crippen LogP contribution is 2.26. The van der Waals surface area contributed by atoms with Crippen LogP contribution in [0, 0.1) is 12.7 Å². The molecule has 0 N–H and O–H groups in total. The number of hydrogen-bond donors (Lipinski definition) is 0. The lowest BCUT2D eigenvalue weighted by molar-refractivity contribution is 0.0464. The summed E-state index contributed by atoms with van der Waals surface area (Å²) in [5.74, 6) is -0.298. The molecule has 0 unspecified atom stereocenters. The van der Waals surface area contributed by atoms with Crippen LogP contribution in [0.5, 0.6) is 0 Å². The predicted molar refractivity (Wildman–Crippen MR) is 99.0 cm³/mol. The van der Waals surface area contributed by atoms with E-state index in [0.717, 1.165) is 11.1 Å². The summed E-state index contributed by atoms with van der Waals surface area (Å²) in [5.41, 5.74) is 3.82. The number of carbonyl (C=O) groups is 1. The van der Waals surface area contributed by atoms with Crippen LogP contribution in [0.25, 0.3) is 22.4 Å². The summed E-state index contributed by atoms with van der Waals surface area (Å²) in [6.45, 7) is 4.45. The number of rotatable bonds is 5. The third-order valence-corrected chi connectivity index (χ3v) is 4.52. The largest absolute Gasteiger partial charge is 0.455 e. The summed E-state index contributed by atoms with van der Waals surface area (Å²) in [5, 5.41) is 12.1. The molecule has 4 rings (SSSR count). The summed E-state index contributed by atoms with van der Waals surface area (Å²) in [7, 11) is 0. The maximum Gasteiger partial charge on any atom is 0.338 e. The maximum atomic E-state index is 13.1. The fraction of sp³-hybridized carbons (Fsp3) is 0.200. The Bertz CT molecular complexity index is 1150. The van der Waals surface area contributed by atoms with E-state index in [1.54, 1.807) is 35.0 Å². The molecule has 0 saturated heterocycles. The highest BCUT2D eigenvalue weighted by atomic mass is 19.1. The molecule has 0 atom stereocenters. The quantitative estimate of drug-likeness (QED) is 0.488. The Kier molecular flexibility index (Phi) is 4.60. The zero-order chi connectivity index (χ0) is 19.7. The molecule has 0 bridgehead atoms. The van der Waals surface area contributed by atoms with Crippen LogP contribution < -0.4 is 0 Å². The van der Waals surface area contributed by atoms with Gasteiger partial charge < -0.3 is 9.26 Å². The molecule has 0 spiro atoms. The lowest BCUT2D eigenvalue weighted by Crippen LogP contribution is -2.06. The van der Waals surface area contributed by atoms with Crippen LogP contribution in [0.3, 0.4) is 0 Å². The normalized spacial score (nSPS) is 11.1. The second-order valence-electron chi connectivity index (χ2n) is 6.28. The topological polar surface area (TPSA) is 83.0 Å². The number of ether oxygens (including phenoxy) is 1. The van der Waals surface area contributed by atoms with E-state index >= 15 is 0 Å². The van der Waals surface area contributed by atoms with Crippen molar-refractivity contribution < 1.29 is 18.4 Å². The standard InChI is InChI=1S/C20H17FN4O3/c1-3-25-18-9-6-14(10-16(18)22-24-25)20(26)27-11-17-12(2)19(28-23-17)13-4-7-15(21)8-5-13/h4-10H,3,11H2,1-2H3. The zero-order valence-corrected chi connectivity index (χ0v) is 15.3. The molecule has 2 heterocycles. The number of hydrogen-bond acceptors (Lipinski definition) is 6. The van der Waals surface area contributed by atoms with E-state index in [1.807, 2.05) is 13.8 Å². The van der Waals surface area contributed by atoms with Gasteiger partial charge in [-0.2, -0.15) is 0 Å². The lowest BCUT2D eigenvalue weighted by atomic mass is 10.1. The van der Waals surface area contributed by atoms with Crippen LogP contribution in [-0.4, -0.2) is 26.1 Å². The average molecular weight is 380 g/mol. The summed E-state index contributed by atoms with van der Waals surface area (Å²) < 4.78 is 25.6. The van der Waals surface area contributed by atoms with E-state index in [2.05, 4.69) is 15.5 Å². The molecule has 0 aliphatic rings. The number of benzene rings is 2. The van der Waals surface area contributed by atoms with Gasteiger partial charge in [0.15, 0.2) is 5.76 Å². The Balaban J connectivity index is 1.48. The Morgan fingerprint density at radius 3 is 2.75 bits per heavy atom. The molecular weight excluding hydrogens is 363 g/mol. The van der Waals surface area contributed by atoms with Gasteiger partial charge in [-0.1, -0.05) is 10.4 Å². The fourth-order valence-electron chi connectivity index (χ4n) is 2.92. The van der Waals surface area contributed by atoms with E-state index in [0.29, 0.717) is 34.6 Å². The van der Waals surface area contributed by atoms with Crippen LogP contribution in [-0.2, 0) is 17.9 Å². The molecule has 2 aromatic heterocycles. The van der Waals surface area contributed by atoms with Gasteiger partial charge in [0, 0.05) is 17.7 Å². The van der Waals surface area contributed by atoms with Gasteiger partial charge in [-0.05, 0) is 56.3 Å². The molecule has 28 heavy (non-hydrogen) atoms. The van der Waals surface area contributed by atoms with Crippen molar-refractivity contribution in [3.63, 3.8) is 0 Å². The molecule has 2 aromatic carbocycles. The zero-order valence-electron chi connectivity index (χ0n) is 15.3. The molecule has 0 aliphatic heterocycles. The van der Waals surface area contributed by atoms with E-state index in [1.165, 1.54) is 12.1 Å². The van der Waals surface area contributed by atoms with Crippen LogP contribution in [0.1, 0.15) is 28.5 Å². The van der Waals surface area contributed by atoms with E-state index in [4.69, 9.17) is 9.26 Å². The first kappa shape index (κ1) is 17.8. The Morgan fingerprint density at radius 2 is 2.00 bits per heavy atom. The first-order valence-electron chi connectivity index (χ1n) is 8.78. The van der Waals surface area contributed by atoms with Crippen molar-refractivity contribution in [2.75, 3.05) is 0 Å². The maximum absolute atomic E-state index is 13.1. The van der Waals surface area contributed by atoms with Crippen molar-refractivity contribution in [1.82, 2.24) is 20.2 Å². The van der Waals surface area contributed by atoms with Gasteiger partial charge in [0.05, 0.1) is 11.1 Å². The van der Waals surface area contributed by atoms with Gasteiger partial charge >= 0.3 is 5.97 Å². The molecule has 142 valence electrons. The van der Waals surface area contributed by atoms with Crippen molar-refractivity contribution in [3.05, 3.63) is 65.1 Å². The molecule has 0 aliphatic carbocycles. The first-order chi connectivity index (χ1) is 13.6. The average Bonchev–Trinajstić information content (AvgIpc) is 3.29. The van der Waals surface area contributed by atoms with Crippen molar-refractivity contribution in [1.29, 1.82) is 0 Å². The number of fused-ring (bicyclic) bond motifs is 1. The van der Waals surface area contributed by atoms with Gasteiger partial charge in [-0.25, -0.2) is 13.9 Å². The van der Waals surface area contributed by atoms with Crippen LogP contribution in [0.15, 0.2) is 47.0 Å². The first-order valence-corrected chi connectivity index (χ1v) is 8.78. The van der Waals surface area contributed by atoms with Crippen LogP contribution in [0.2, 0.25) is 0 Å². The second kappa shape index (κ2) is 7.22. The summed E-state index contributed by atoms with van der Waals surface area (Å²) in [6.07, 6.45) is 0. The summed E-state index contributed by atoms with van der Waals surface area (Å²) in [4.78, 5) is 12.4. The van der Waals surface area contributed by atoms with Gasteiger partial charge in [0.25, 0.3) is 0 Å². The fourth-order valence-corrected chi connectivity index (χ4v) is 2.92. The molecule has 0 radical (unpaired) electrons. The number of aryl methyl sites for hydroxylation is 1. The minimum atomic E-state index is -0.487. The molecule has 7 nitrogen and oxygen atoms in total. The SMILES string of the molecule is CCn1nnc2cc(C(=O)OCc3noc(-c4ccc(F)cc4)c3C)ccc21. The van der Waals surface area contributed by atoms with Crippen LogP contribution in [0.4, 0.5) is 4.39 Å². The number of nitrogens with zero attached hydrogens (tertiary/aromatic N) is 4. The third-order valence-electron chi connectivity index (χ3n) is 4.52. The van der Waals surface area contributed by atoms with Gasteiger partial charge in [0.2, 0.25) is 0 Å². The van der Waals surface area contributed by atoms with Crippen LogP contribution >= 0.6 is 0 Å². The highest BCUT2D eigenvalue weighted by molar-refractivity contribution is 5.93. The molecule has 8 heteroatoms. The predicted octanol–water partition coefficient (Wildman–Crippen LogP) is 3.91. The van der Waals surface area contributed by atoms with E-state index in [9.17, 15) is 9.18 Å². The third kappa shape index (κ3) is 3.24. The van der Waals surface area contributed by atoms with Gasteiger partial charge in [-0.15, -0.1) is 5.10 Å². The van der Waals surface area contributed by atoms with Crippen molar-refractivity contribution >= 4 is 17.0 Å². The second-order valence-corrected chi connectivity index (χ2v) is 6.28. The molecular formula is C20H17FN4O3. The Hall–Kier alpha value is -3.55. The summed E-state index contributed by atoms with van der Waals surface area (Å²) >= 11 is 0. The van der Waals surface area contributed by atoms with Gasteiger partial charge in [-0.3, -0.25) is 0 Å². The number of esters is 1. The molecule has 0 fully saturated rings. The Labute approximate surface area is 159 Å². The molecule has 4 aromatic rings. The molecule has 0 amide bonds. The molecule has 0 saturated carbocycles. The minimum Gasteiger partial charge on any atom is -0.455 e. The van der Waals surface area contributed by atoms with Gasteiger partial charge in [0.1, 0.15) is 23.6 Å². The monoisotopic (exact) mass is 380 g/mol. The number of aromatic nitrogens is 4. The minimum absolute atomic E-state index is 0.0327. The Morgan fingerprint density at radius 1 is 1.21 bits per heavy atom. The van der Waals surface area contributed by atoms with Crippen molar-refractivity contribution in [3.8, 4) is 11.3 Å². The van der Waals surface area contributed by atoms with Crippen molar-refractivity contribution in [2.45, 2.75) is 27.0 Å². The smallest absolute Gasteiger partial charge is 0.338 e. The highest BCUT2D eigenvalue weighted by Gasteiger charge is 2.17. The lowest BCUT2D eigenvalue weighted by Gasteiger charge is -2.04. The van der Waals surface area contributed by atoms with E-state index < -0.39 is 5.97 Å². The summed E-state index contributed by atoms with van der Waals surface area (Å²) in [6, 6.07) is 11.0. The number of carbonyl (C=O) groups excluding carboxylic acids is 1.